The largest absolute Gasteiger partial charge is 0.282 e. The second kappa shape index (κ2) is 3.42. The second-order valence-corrected chi connectivity index (χ2v) is 5.11. The molecular weight excluding hydrogens is 248 g/mol. The van der Waals surface area contributed by atoms with E-state index >= 15 is 0 Å². The molecule has 0 amide bonds. The molecule has 0 aliphatic carbocycles. The molecule has 0 N–H and O–H groups in total. The topological polar surface area (TPSA) is 24.3 Å². The molecule has 5 rings (SSSR count). The molecular formula is C16H12N4. The van der Waals surface area contributed by atoms with Crippen LogP contribution in [0.5, 0.6) is 0 Å². The molecule has 0 radical (unpaired) electrons. The van der Waals surface area contributed by atoms with Gasteiger partial charge in [-0.2, -0.15) is 0 Å². The molecule has 3 aromatic rings. The van der Waals surface area contributed by atoms with Crippen molar-refractivity contribution in [3.63, 3.8) is 0 Å². The zero-order valence-electron chi connectivity index (χ0n) is 10.8. The molecule has 0 saturated heterocycles. The van der Waals surface area contributed by atoms with Gasteiger partial charge in [0.1, 0.15) is 6.33 Å². The van der Waals surface area contributed by atoms with Gasteiger partial charge in [-0.05, 0) is 23.8 Å². The minimum absolute atomic E-state index is 0.901. The summed E-state index contributed by atoms with van der Waals surface area (Å²) in [6.07, 6.45) is 3.80. The number of nitrogens with zero attached hydrogens (tertiary/aromatic N) is 4. The molecule has 1 aromatic heterocycles. The number of fused-ring (bicyclic) bond motifs is 8. The van der Waals surface area contributed by atoms with Crippen molar-refractivity contribution in [2.24, 2.45) is 0 Å². The third-order valence-corrected chi connectivity index (χ3v) is 4.04. The lowest BCUT2D eigenvalue weighted by Crippen LogP contribution is -2.38. The summed E-state index contributed by atoms with van der Waals surface area (Å²) in [7, 11) is 0. The molecule has 0 bridgehead atoms. The Morgan fingerprint density at radius 1 is 0.850 bits per heavy atom. The number of benzene rings is 2. The molecule has 20 heavy (non-hydrogen) atoms. The third kappa shape index (κ3) is 1.09. The Bertz CT molecular complexity index is 821. The van der Waals surface area contributed by atoms with E-state index in [1.807, 2.05) is 12.5 Å². The van der Waals surface area contributed by atoms with Crippen LogP contribution in [0, 0.1) is 0 Å². The lowest BCUT2D eigenvalue weighted by molar-refractivity contribution is 0.811. The van der Waals surface area contributed by atoms with Crippen LogP contribution < -0.4 is 10.0 Å². The van der Waals surface area contributed by atoms with Crippen molar-refractivity contribution in [1.29, 1.82) is 0 Å². The number of hydrogen-bond donors (Lipinski definition) is 0. The highest BCUT2D eigenvalue weighted by Gasteiger charge is 2.35. The zero-order valence-corrected chi connectivity index (χ0v) is 10.8. The van der Waals surface area contributed by atoms with Crippen LogP contribution in [0.25, 0.3) is 5.69 Å². The lowest BCUT2D eigenvalue weighted by Gasteiger charge is -2.37. The van der Waals surface area contributed by atoms with Crippen molar-refractivity contribution in [2.45, 2.75) is 6.54 Å². The Hall–Kier alpha value is -2.75. The van der Waals surface area contributed by atoms with Crippen molar-refractivity contribution in [3.8, 4) is 5.69 Å². The SMILES string of the molecule is c1ccc2c(c1)CN1c3ccccc3-n3cncc3N21. The molecule has 0 unspecified atom stereocenters. The number of anilines is 3. The lowest BCUT2D eigenvalue weighted by atomic mass is 10.2. The predicted molar refractivity (Wildman–Crippen MR) is 78.3 cm³/mol. The number of hydrazine groups is 1. The standard InChI is InChI=1S/C16H12N4/c1-2-6-13-12(5-1)10-19-15-8-4-3-7-14(15)18-11-17-9-16(18)20(13)19/h1-9,11H,10H2. The van der Waals surface area contributed by atoms with Crippen LogP contribution in [0.1, 0.15) is 5.56 Å². The van der Waals surface area contributed by atoms with Gasteiger partial charge in [0.05, 0.1) is 29.8 Å². The molecule has 4 heteroatoms. The summed E-state index contributed by atoms with van der Waals surface area (Å²) in [4.78, 5) is 4.33. The van der Waals surface area contributed by atoms with E-state index in [1.165, 1.54) is 22.6 Å². The van der Waals surface area contributed by atoms with Crippen molar-refractivity contribution < 1.29 is 0 Å². The minimum atomic E-state index is 0.901. The molecule has 0 fully saturated rings. The summed E-state index contributed by atoms with van der Waals surface area (Å²) < 4.78 is 2.15. The molecule has 2 aliphatic rings. The van der Waals surface area contributed by atoms with Gasteiger partial charge in [0, 0.05) is 0 Å². The van der Waals surface area contributed by atoms with Gasteiger partial charge in [0.2, 0.25) is 0 Å². The van der Waals surface area contributed by atoms with Crippen molar-refractivity contribution in [1.82, 2.24) is 9.55 Å². The third-order valence-electron chi connectivity index (χ3n) is 4.04. The Kier molecular flexibility index (Phi) is 1.72. The van der Waals surface area contributed by atoms with E-state index in [4.69, 9.17) is 0 Å². The highest BCUT2D eigenvalue weighted by molar-refractivity contribution is 5.82. The number of imidazole rings is 1. The number of aromatic nitrogens is 2. The average molecular weight is 260 g/mol. The van der Waals surface area contributed by atoms with Crippen LogP contribution in [0.4, 0.5) is 17.2 Å². The Balaban J connectivity index is 1.84. The quantitative estimate of drug-likeness (QED) is 0.620. The maximum Gasteiger partial charge on any atom is 0.157 e. The van der Waals surface area contributed by atoms with Crippen molar-refractivity contribution in [3.05, 3.63) is 66.6 Å². The van der Waals surface area contributed by atoms with E-state index in [2.05, 4.69) is 68.1 Å². The summed E-state index contributed by atoms with van der Waals surface area (Å²) in [6.45, 7) is 0.901. The Morgan fingerprint density at radius 3 is 2.50 bits per heavy atom. The zero-order chi connectivity index (χ0) is 13.1. The van der Waals surface area contributed by atoms with Crippen LogP contribution in [0.15, 0.2) is 61.1 Å². The molecule has 4 nitrogen and oxygen atoms in total. The average Bonchev–Trinajstić information content (AvgIpc) is 3.11. The van der Waals surface area contributed by atoms with Crippen LogP contribution in [0.2, 0.25) is 0 Å². The summed E-state index contributed by atoms with van der Waals surface area (Å²) in [6, 6.07) is 17.0. The van der Waals surface area contributed by atoms with Gasteiger partial charge in [0.15, 0.2) is 5.82 Å². The Labute approximate surface area is 116 Å². The Morgan fingerprint density at radius 2 is 1.60 bits per heavy atom. The molecule has 3 heterocycles. The number of para-hydroxylation sites is 3. The smallest absolute Gasteiger partial charge is 0.157 e. The summed E-state index contributed by atoms with van der Waals surface area (Å²) in [5, 5.41) is 4.57. The fraction of sp³-hybridized carbons (Fsp3) is 0.0625. The van der Waals surface area contributed by atoms with Crippen LogP contribution in [-0.4, -0.2) is 9.55 Å². The minimum Gasteiger partial charge on any atom is -0.282 e. The molecule has 2 aromatic carbocycles. The van der Waals surface area contributed by atoms with E-state index in [0.29, 0.717) is 0 Å². The van der Waals surface area contributed by atoms with Gasteiger partial charge in [-0.1, -0.05) is 30.3 Å². The summed E-state index contributed by atoms with van der Waals surface area (Å²) in [5.41, 5.74) is 4.99. The van der Waals surface area contributed by atoms with E-state index in [9.17, 15) is 0 Å². The number of hydrogen-bond acceptors (Lipinski definition) is 3. The van der Waals surface area contributed by atoms with Crippen LogP contribution in [-0.2, 0) is 6.54 Å². The molecule has 0 saturated carbocycles. The predicted octanol–water partition coefficient (Wildman–Crippen LogP) is 3.26. The van der Waals surface area contributed by atoms with Crippen LogP contribution in [0.3, 0.4) is 0 Å². The van der Waals surface area contributed by atoms with Gasteiger partial charge >= 0.3 is 0 Å². The van der Waals surface area contributed by atoms with E-state index in [-0.39, 0.29) is 0 Å². The van der Waals surface area contributed by atoms with Gasteiger partial charge in [-0.3, -0.25) is 9.58 Å². The first-order chi connectivity index (χ1) is 9.93. The summed E-state index contributed by atoms with van der Waals surface area (Å²) >= 11 is 0. The first kappa shape index (κ1) is 10.1. The van der Waals surface area contributed by atoms with Crippen molar-refractivity contribution >= 4 is 17.2 Å². The van der Waals surface area contributed by atoms with Gasteiger partial charge < -0.3 is 0 Å². The first-order valence-electron chi connectivity index (χ1n) is 6.71. The number of rotatable bonds is 0. The van der Waals surface area contributed by atoms with E-state index in [0.717, 1.165) is 12.4 Å². The fourth-order valence-electron chi connectivity index (χ4n) is 3.17. The van der Waals surface area contributed by atoms with Crippen LogP contribution >= 0.6 is 0 Å². The normalized spacial score (nSPS) is 14.6. The van der Waals surface area contributed by atoms with Gasteiger partial charge in [-0.25, -0.2) is 9.99 Å². The van der Waals surface area contributed by atoms with E-state index in [1.54, 1.807) is 0 Å². The van der Waals surface area contributed by atoms with Crippen molar-refractivity contribution in [2.75, 3.05) is 10.0 Å². The fourth-order valence-corrected chi connectivity index (χ4v) is 3.17. The van der Waals surface area contributed by atoms with Gasteiger partial charge in [0.25, 0.3) is 0 Å². The monoisotopic (exact) mass is 260 g/mol. The first-order valence-corrected chi connectivity index (χ1v) is 6.71. The molecule has 96 valence electrons. The second-order valence-electron chi connectivity index (χ2n) is 5.11. The van der Waals surface area contributed by atoms with E-state index < -0.39 is 0 Å². The maximum absolute atomic E-state index is 4.33. The molecule has 2 aliphatic heterocycles. The maximum atomic E-state index is 4.33. The molecule has 0 spiro atoms. The highest BCUT2D eigenvalue weighted by Crippen LogP contribution is 2.45. The van der Waals surface area contributed by atoms with Gasteiger partial charge in [-0.15, -0.1) is 0 Å². The highest BCUT2D eigenvalue weighted by atomic mass is 15.7. The summed E-state index contributed by atoms with van der Waals surface area (Å²) in [5.74, 6) is 1.09. The molecule has 0 atom stereocenters.